The maximum Gasteiger partial charge on any atom is 0.309 e. The fourth-order valence-electron chi connectivity index (χ4n) is 2.28. The standard InChI is InChI=1S/C13H16O4/c1-13(2,12(15)16)10-5-6-17-11-7-8(14)3-4-9(10)11/h3-4,7,10,14H,5-6H2,1-2H3,(H,15,16). The Bertz CT molecular complexity index is 451. The number of rotatable bonds is 2. The molecule has 0 spiro atoms. The second-order valence-electron chi connectivity index (χ2n) is 4.94. The van der Waals surface area contributed by atoms with Crippen molar-refractivity contribution in [3.8, 4) is 11.5 Å². The van der Waals surface area contributed by atoms with Crippen molar-refractivity contribution in [1.82, 2.24) is 0 Å². The molecule has 1 aromatic rings. The topological polar surface area (TPSA) is 66.8 Å². The van der Waals surface area contributed by atoms with Gasteiger partial charge in [0.2, 0.25) is 0 Å². The maximum absolute atomic E-state index is 11.3. The second-order valence-corrected chi connectivity index (χ2v) is 4.94. The quantitative estimate of drug-likeness (QED) is 0.827. The molecule has 4 heteroatoms. The molecule has 1 unspecified atom stereocenters. The predicted molar refractivity (Wildman–Crippen MR) is 62.4 cm³/mol. The molecule has 0 fully saturated rings. The van der Waals surface area contributed by atoms with E-state index in [0.717, 1.165) is 5.56 Å². The lowest BCUT2D eigenvalue weighted by Gasteiger charge is -2.35. The van der Waals surface area contributed by atoms with E-state index in [1.165, 1.54) is 0 Å². The summed E-state index contributed by atoms with van der Waals surface area (Å²) in [6.07, 6.45) is 0.678. The van der Waals surface area contributed by atoms with Crippen molar-refractivity contribution in [1.29, 1.82) is 0 Å². The number of ether oxygens (including phenoxy) is 1. The molecule has 0 aromatic heterocycles. The van der Waals surface area contributed by atoms with E-state index in [2.05, 4.69) is 0 Å². The monoisotopic (exact) mass is 236 g/mol. The van der Waals surface area contributed by atoms with Crippen LogP contribution in [0.2, 0.25) is 0 Å². The minimum atomic E-state index is -0.838. The van der Waals surface area contributed by atoms with E-state index in [0.29, 0.717) is 18.8 Å². The fraction of sp³-hybridized carbons (Fsp3) is 0.462. The molecule has 0 bridgehead atoms. The zero-order valence-electron chi connectivity index (χ0n) is 9.93. The highest BCUT2D eigenvalue weighted by Gasteiger charge is 2.40. The Morgan fingerprint density at radius 3 is 2.82 bits per heavy atom. The van der Waals surface area contributed by atoms with Crippen LogP contribution in [0, 0.1) is 5.41 Å². The Morgan fingerprint density at radius 2 is 2.18 bits per heavy atom. The first-order valence-electron chi connectivity index (χ1n) is 5.62. The summed E-state index contributed by atoms with van der Waals surface area (Å²) in [4.78, 5) is 11.3. The van der Waals surface area contributed by atoms with Crippen molar-refractivity contribution < 1.29 is 19.7 Å². The van der Waals surface area contributed by atoms with Crippen molar-refractivity contribution in [2.45, 2.75) is 26.2 Å². The van der Waals surface area contributed by atoms with E-state index >= 15 is 0 Å². The zero-order valence-corrected chi connectivity index (χ0v) is 9.93. The number of phenols is 1. The maximum atomic E-state index is 11.3. The molecular weight excluding hydrogens is 220 g/mol. The van der Waals surface area contributed by atoms with Gasteiger partial charge in [0.05, 0.1) is 12.0 Å². The van der Waals surface area contributed by atoms with Crippen molar-refractivity contribution in [3.63, 3.8) is 0 Å². The average Bonchev–Trinajstić information content (AvgIpc) is 2.27. The Kier molecular flexibility index (Phi) is 2.73. The molecule has 0 radical (unpaired) electrons. The average molecular weight is 236 g/mol. The normalized spacial score (nSPS) is 19.3. The number of aliphatic carboxylic acids is 1. The van der Waals surface area contributed by atoms with Crippen LogP contribution in [0.25, 0.3) is 0 Å². The molecule has 1 aromatic carbocycles. The summed E-state index contributed by atoms with van der Waals surface area (Å²) in [5.41, 5.74) is 0.0247. The number of carboxylic acids is 1. The molecule has 0 amide bonds. The molecule has 92 valence electrons. The molecule has 1 aliphatic rings. The number of hydrogen-bond donors (Lipinski definition) is 2. The summed E-state index contributed by atoms with van der Waals surface area (Å²) >= 11 is 0. The van der Waals surface area contributed by atoms with E-state index in [-0.39, 0.29) is 11.7 Å². The molecule has 0 saturated carbocycles. The van der Waals surface area contributed by atoms with Gasteiger partial charge in [-0.3, -0.25) is 4.79 Å². The number of fused-ring (bicyclic) bond motifs is 1. The van der Waals surface area contributed by atoms with Crippen LogP contribution < -0.4 is 4.74 Å². The molecular formula is C13H16O4. The zero-order chi connectivity index (χ0) is 12.6. The van der Waals surface area contributed by atoms with Gasteiger partial charge in [0, 0.05) is 12.0 Å². The molecule has 0 aliphatic carbocycles. The first-order valence-corrected chi connectivity index (χ1v) is 5.62. The minimum absolute atomic E-state index is 0.0932. The van der Waals surface area contributed by atoms with E-state index in [9.17, 15) is 15.0 Å². The SMILES string of the molecule is CC(C)(C(=O)O)C1CCOc2cc(O)ccc21. The van der Waals surface area contributed by atoms with Crippen LogP contribution in [0.5, 0.6) is 11.5 Å². The number of carbonyl (C=O) groups is 1. The molecule has 0 saturated heterocycles. The molecule has 4 nitrogen and oxygen atoms in total. The van der Waals surface area contributed by atoms with E-state index in [4.69, 9.17) is 4.74 Å². The van der Waals surface area contributed by atoms with Crippen LogP contribution in [0.4, 0.5) is 0 Å². The molecule has 2 N–H and O–H groups in total. The highest BCUT2D eigenvalue weighted by molar-refractivity contribution is 5.75. The lowest BCUT2D eigenvalue weighted by Crippen LogP contribution is -2.34. The summed E-state index contributed by atoms with van der Waals surface area (Å²) in [5.74, 6) is -0.180. The van der Waals surface area contributed by atoms with E-state index in [1.54, 1.807) is 32.0 Å². The first-order chi connectivity index (χ1) is 7.93. The van der Waals surface area contributed by atoms with Crippen molar-refractivity contribution >= 4 is 5.97 Å². The fourth-order valence-corrected chi connectivity index (χ4v) is 2.28. The number of benzene rings is 1. The third-order valence-corrected chi connectivity index (χ3v) is 3.46. The Morgan fingerprint density at radius 1 is 1.47 bits per heavy atom. The Hall–Kier alpha value is -1.71. The van der Waals surface area contributed by atoms with Crippen molar-refractivity contribution in [2.24, 2.45) is 5.41 Å². The van der Waals surface area contributed by atoms with Crippen LogP contribution in [0.1, 0.15) is 31.7 Å². The molecule has 2 rings (SSSR count). The van der Waals surface area contributed by atoms with Gasteiger partial charge in [0.1, 0.15) is 11.5 Å². The predicted octanol–water partition coefficient (Wildman–Crippen LogP) is 2.37. The summed E-state index contributed by atoms with van der Waals surface area (Å²) in [6, 6.07) is 4.86. The molecule has 17 heavy (non-hydrogen) atoms. The van der Waals surface area contributed by atoms with Gasteiger partial charge in [-0.05, 0) is 31.9 Å². The lowest BCUT2D eigenvalue weighted by atomic mass is 9.72. The molecule has 1 atom stereocenters. The van der Waals surface area contributed by atoms with Crippen molar-refractivity contribution in [3.05, 3.63) is 23.8 Å². The summed E-state index contributed by atoms with van der Waals surface area (Å²) in [7, 11) is 0. The smallest absolute Gasteiger partial charge is 0.309 e. The third-order valence-electron chi connectivity index (χ3n) is 3.46. The van der Waals surface area contributed by atoms with Crippen LogP contribution >= 0.6 is 0 Å². The van der Waals surface area contributed by atoms with Crippen LogP contribution in [-0.4, -0.2) is 22.8 Å². The second kappa shape index (κ2) is 3.95. The van der Waals surface area contributed by atoms with Gasteiger partial charge >= 0.3 is 5.97 Å². The first kappa shape index (κ1) is 11.8. The van der Waals surface area contributed by atoms with Gasteiger partial charge in [-0.15, -0.1) is 0 Å². The van der Waals surface area contributed by atoms with Crippen LogP contribution in [0.15, 0.2) is 18.2 Å². The van der Waals surface area contributed by atoms with Gasteiger partial charge in [0.15, 0.2) is 0 Å². The van der Waals surface area contributed by atoms with E-state index < -0.39 is 11.4 Å². The van der Waals surface area contributed by atoms with Gasteiger partial charge in [0.25, 0.3) is 0 Å². The van der Waals surface area contributed by atoms with Gasteiger partial charge in [-0.1, -0.05) is 6.07 Å². The Labute approximate surface area is 99.8 Å². The highest BCUT2D eigenvalue weighted by atomic mass is 16.5. The summed E-state index contributed by atoms with van der Waals surface area (Å²) < 4.78 is 5.46. The van der Waals surface area contributed by atoms with Gasteiger partial charge in [-0.2, -0.15) is 0 Å². The summed E-state index contributed by atoms with van der Waals surface area (Å²) in [5, 5.41) is 18.7. The third kappa shape index (κ3) is 1.95. The number of aromatic hydroxyl groups is 1. The highest BCUT2D eigenvalue weighted by Crippen LogP contribution is 2.45. The lowest BCUT2D eigenvalue weighted by molar-refractivity contribution is -0.148. The van der Waals surface area contributed by atoms with Crippen LogP contribution in [0.3, 0.4) is 0 Å². The van der Waals surface area contributed by atoms with Gasteiger partial charge in [-0.25, -0.2) is 0 Å². The van der Waals surface area contributed by atoms with Crippen molar-refractivity contribution in [2.75, 3.05) is 6.61 Å². The Balaban J connectivity index is 2.45. The largest absolute Gasteiger partial charge is 0.508 e. The number of carboxylic acid groups (broad SMARTS) is 1. The van der Waals surface area contributed by atoms with Crippen LogP contribution in [-0.2, 0) is 4.79 Å². The number of phenolic OH excluding ortho intramolecular Hbond substituents is 1. The number of hydrogen-bond acceptors (Lipinski definition) is 3. The summed E-state index contributed by atoms with van der Waals surface area (Å²) in [6.45, 7) is 3.93. The van der Waals surface area contributed by atoms with Gasteiger partial charge < -0.3 is 14.9 Å². The minimum Gasteiger partial charge on any atom is -0.508 e. The van der Waals surface area contributed by atoms with E-state index in [1.807, 2.05) is 0 Å². The molecule has 1 aliphatic heterocycles. The molecule has 1 heterocycles.